The number of amides is 2. The number of rotatable bonds is 7. The molecule has 2 amide bonds. The van der Waals surface area contributed by atoms with Crippen LogP contribution in [0.2, 0.25) is 0 Å². The SMILES string of the molecule is O=C(OCC1CCC(OC(=O)N(Cc2ccccc2)Cc2ccccn2)CC1)N1CCNCC1. The van der Waals surface area contributed by atoms with Crippen molar-refractivity contribution in [3.05, 3.63) is 66.0 Å². The van der Waals surface area contributed by atoms with Gasteiger partial charge in [0, 0.05) is 38.9 Å². The van der Waals surface area contributed by atoms with Gasteiger partial charge in [-0.15, -0.1) is 0 Å². The average Bonchev–Trinajstić information content (AvgIpc) is 2.89. The van der Waals surface area contributed by atoms with Crippen LogP contribution in [0.3, 0.4) is 0 Å². The van der Waals surface area contributed by atoms with E-state index in [0.29, 0.717) is 38.7 Å². The van der Waals surface area contributed by atoms with Crippen molar-refractivity contribution in [2.45, 2.75) is 44.9 Å². The molecule has 0 radical (unpaired) electrons. The van der Waals surface area contributed by atoms with E-state index in [0.717, 1.165) is 50.0 Å². The van der Waals surface area contributed by atoms with Crippen LogP contribution in [0.25, 0.3) is 0 Å². The number of pyridine rings is 1. The van der Waals surface area contributed by atoms with Gasteiger partial charge in [0.2, 0.25) is 0 Å². The number of piperazine rings is 1. The fourth-order valence-corrected chi connectivity index (χ4v) is 4.44. The third kappa shape index (κ3) is 7.18. The third-order valence-electron chi connectivity index (χ3n) is 6.43. The lowest BCUT2D eigenvalue weighted by Crippen LogP contribution is -2.46. The van der Waals surface area contributed by atoms with Crippen molar-refractivity contribution in [3.8, 4) is 0 Å². The Hall–Kier alpha value is -3.13. The molecular weight excluding hydrogens is 432 g/mol. The van der Waals surface area contributed by atoms with E-state index in [1.165, 1.54) is 0 Å². The Balaban J connectivity index is 1.25. The monoisotopic (exact) mass is 466 g/mol. The summed E-state index contributed by atoms with van der Waals surface area (Å²) in [5.41, 5.74) is 1.87. The molecule has 2 aliphatic rings. The van der Waals surface area contributed by atoms with Gasteiger partial charge in [0.15, 0.2) is 0 Å². The average molecular weight is 467 g/mol. The van der Waals surface area contributed by atoms with Crippen molar-refractivity contribution in [2.24, 2.45) is 5.92 Å². The molecule has 34 heavy (non-hydrogen) atoms. The zero-order valence-electron chi connectivity index (χ0n) is 19.6. The van der Waals surface area contributed by atoms with Gasteiger partial charge in [-0.25, -0.2) is 9.59 Å². The number of hydrogen-bond donors (Lipinski definition) is 1. The Kier molecular flexibility index (Phi) is 8.73. The zero-order chi connectivity index (χ0) is 23.6. The summed E-state index contributed by atoms with van der Waals surface area (Å²) in [6, 6.07) is 15.6. The summed E-state index contributed by atoms with van der Waals surface area (Å²) < 4.78 is 11.4. The summed E-state index contributed by atoms with van der Waals surface area (Å²) in [7, 11) is 0. The van der Waals surface area contributed by atoms with Gasteiger partial charge < -0.3 is 19.7 Å². The second-order valence-corrected chi connectivity index (χ2v) is 9.00. The van der Waals surface area contributed by atoms with Gasteiger partial charge >= 0.3 is 12.2 Å². The predicted molar refractivity (Wildman–Crippen MR) is 128 cm³/mol. The molecule has 4 rings (SSSR count). The van der Waals surface area contributed by atoms with Crippen LogP contribution in [0.5, 0.6) is 0 Å². The second-order valence-electron chi connectivity index (χ2n) is 9.00. The lowest BCUT2D eigenvalue weighted by molar-refractivity contribution is 0.0230. The summed E-state index contributed by atoms with van der Waals surface area (Å²) in [6.45, 7) is 4.31. The fourth-order valence-electron chi connectivity index (χ4n) is 4.44. The molecule has 1 aromatic heterocycles. The predicted octanol–water partition coefficient (Wildman–Crippen LogP) is 3.82. The van der Waals surface area contributed by atoms with E-state index in [1.807, 2.05) is 48.5 Å². The number of nitrogens with zero attached hydrogens (tertiary/aromatic N) is 3. The van der Waals surface area contributed by atoms with Crippen molar-refractivity contribution >= 4 is 12.2 Å². The first-order valence-electron chi connectivity index (χ1n) is 12.2. The molecule has 8 nitrogen and oxygen atoms in total. The maximum absolute atomic E-state index is 13.1. The minimum atomic E-state index is -0.317. The van der Waals surface area contributed by atoms with E-state index in [9.17, 15) is 9.59 Å². The van der Waals surface area contributed by atoms with Crippen LogP contribution in [0, 0.1) is 5.92 Å². The molecule has 2 heterocycles. The zero-order valence-corrected chi connectivity index (χ0v) is 19.6. The molecule has 2 fully saturated rings. The van der Waals surface area contributed by atoms with Crippen LogP contribution in [0.4, 0.5) is 9.59 Å². The van der Waals surface area contributed by atoms with E-state index >= 15 is 0 Å². The number of carbonyl (C=O) groups excluding carboxylic acids is 2. The maximum atomic E-state index is 13.1. The molecule has 1 N–H and O–H groups in total. The molecule has 0 spiro atoms. The first-order valence-corrected chi connectivity index (χ1v) is 12.2. The summed E-state index contributed by atoms with van der Waals surface area (Å²) in [5, 5.41) is 3.23. The van der Waals surface area contributed by atoms with Gasteiger partial charge in [0.05, 0.1) is 18.8 Å². The number of nitrogens with one attached hydrogen (secondary N) is 1. The molecule has 1 aliphatic heterocycles. The number of hydrogen-bond acceptors (Lipinski definition) is 6. The normalized spacial score (nSPS) is 20.4. The minimum Gasteiger partial charge on any atom is -0.449 e. The highest BCUT2D eigenvalue weighted by atomic mass is 16.6. The van der Waals surface area contributed by atoms with Crippen LogP contribution in [-0.4, -0.2) is 65.9 Å². The Morgan fingerprint density at radius 3 is 2.41 bits per heavy atom. The Morgan fingerprint density at radius 2 is 1.71 bits per heavy atom. The lowest BCUT2D eigenvalue weighted by atomic mass is 9.88. The number of ether oxygens (including phenoxy) is 2. The molecular formula is C26H34N4O4. The Labute approximate surface area is 201 Å². The van der Waals surface area contributed by atoms with Crippen LogP contribution in [0.15, 0.2) is 54.7 Å². The number of carbonyl (C=O) groups is 2. The molecule has 0 atom stereocenters. The highest BCUT2D eigenvalue weighted by molar-refractivity contribution is 5.68. The van der Waals surface area contributed by atoms with Crippen LogP contribution >= 0.6 is 0 Å². The molecule has 1 aliphatic carbocycles. The molecule has 182 valence electrons. The molecule has 0 unspecified atom stereocenters. The molecule has 2 aromatic rings. The van der Waals surface area contributed by atoms with E-state index in [4.69, 9.17) is 9.47 Å². The third-order valence-corrected chi connectivity index (χ3v) is 6.43. The number of benzene rings is 1. The second kappa shape index (κ2) is 12.4. The first-order chi connectivity index (χ1) is 16.7. The quantitative estimate of drug-likeness (QED) is 0.668. The largest absolute Gasteiger partial charge is 0.449 e. The Bertz CT molecular complexity index is 856. The van der Waals surface area contributed by atoms with E-state index in [-0.39, 0.29) is 18.3 Å². The summed E-state index contributed by atoms with van der Waals surface area (Å²) in [6.07, 6.45) is 4.41. The van der Waals surface area contributed by atoms with Gasteiger partial charge in [0.1, 0.15) is 6.10 Å². The van der Waals surface area contributed by atoms with E-state index in [1.54, 1.807) is 16.0 Å². The van der Waals surface area contributed by atoms with Gasteiger partial charge in [-0.3, -0.25) is 9.88 Å². The van der Waals surface area contributed by atoms with Crippen molar-refractivity contribution < 1.29 is 19.1 Å². The van der Waals surface area contributed by atoms with E-state index < -0.39 is 0 Å². The van der Waals surface area contributed by atoms with Crippen molar-refractivity contribution in [1.29, 1.82) is 0 Å². The van der Waals surface area contributed by atoms with Crippen molar-refractivity contribution in [2.75, 3.05) is 32.8 Å². The van der Waals surface area contributed by atoms with E-state index in [2.05, 4.69) is 10.3 Å². The molecule has 1 saturated heterocycles. The summed E-state index contributed by atoms with van der Waals surface area (Å²) >= 11 is 0. The van der Waals surface area contributed by atoms with Gasteiger partial charge in [-0.05, 0) is 49.3 Å². The topological polar surface area (TPSA) is 84.0 Å². The Morgan fingerprint density at radius 1 is 0.971 bits per heavy atom. The van der Waals surface area contributed by atoms with Gasteiger partial charge in [-0.2, -0.15) is 0 Å². The molecule has 1 saturated carbocycles. The van der Waals surface area contributed by atoms with Crippen molar-refractivity contribution in [1.82, 2.24) is 20.1 Å². The summed E-state index contributed by atoms with van der Waals surface area (Å²) in [5.74, 6) is 0.316. The standard InChI is InChI=1S/C26H34N4O4/c31-25(29-16-14-27-15-17-29)33-20-22-9-11-24(12-10-22)34-26(32)30(18-21-6-2-1-3-7-21)19-23-8-4-5-13-28-23/h1-8,13,22,24,27H,9-12,14-20H2. The van der Waals surface area contributed by atoms with Crippen LogP contribution in [0.1, 0.15) is 36.9 Å². The molecule has 0 bridgehead atoms. The fraction of sp³-hybridized carbons (Fsp3) is 0.500. The van der Waals surface area contributed by atoms with Gasteiger partial charge in [-0.1, -0.05) is 36.4 Å². The van der Waals surface area contributed by atoms with Crippen LogP contribution in [-0.2, 0) is 22.6 Å². The number of aromatic nitrogens is 1. The van der Waals surface area contributed by atoms with Crippen molar-refractivity contribution in [3.63, 3.8) is 0 Å². The first kappa shape index (κ1) is 24.0. The highest BCUT2D eigenvalue weighted by Crippen LogP contribution is 2.27. The van der Waals surface area contributed by atoms with Gasteiger partial charge in [0.25, 0.3) is 0 Å². The summed E-state index contributed by atoms with van der Waals surface area (Å²) in [4.78, 5) is 33.1. The molecule has 1 aromatic carbocycles. The smallest absolute Gasteiger partial charge is 0.410 e. The molecule has 8 heteroatoms. The minimum absolute atomic E-state index is 0.116. The highest BCUT2D eigenvalue weighted by Gasteiger charge is 2.28. The maximum Gasteiger partial charge on any atom is 0.410 e. The van der Waals surface area contributed by atoms with Crippen LogP contribution < -0.4 is 5.32 Å². The lowest BCUT2D eigenvalue weighted by Gasteiger charge is -2.31.